The first-order chi connectivity index (χ1) is 18.0. The Kier molecular flexibility index (Phi) is 7.14. The van der Waals surface area contributed by atoms with Crippen LogP contribution in [0.3, 0.4) is 0 Å². The number of aromatic nitrogens is 1. The van der Waals surface area contributed by atoms with Crippen LogP contribution >= 0.6 is 11.3 Å². The summed E-state index contributed by atoms with van der Waals surface area (Å²) in [4.78, 5) is 18.0. The topological polar surface area (TPSA) is 62.7 Å². The number of methoxy groups -OCH3 is 1. The fourth-order valence-electron chi connectivity index (χ4n) is 4.17. The number of hydrogen-bond acceptors (Lipinski definition) is 5. The van der Waals surface area contributed by atoms with E-state index in [1.165, 1.54) is 23.0 Å². The normalized spacial score (nSPS) is 11.0. The number of fused-ring (bicyclic) bond motifs is 1. The minimum Gasteiger partial charge on any atom is -0.497 e. The third-order valence-electron chi connectivity index (χ3n) is 6.25. The van der Waals surface area contributed by atoms with Crippen LogP contribution in [0.1, 0.15) is 21.5 Å². The van der Waals surface area contributed by atoms with E-state index >= 15 is 0 Å². The van der Waals surface area contributed by atoms with Gasteiger partial charge in [0.1, 0.15) is 11.6 Å². The average Bonchev–Trinajstić information content (AvgIpc) is 3.37. The molecule has 0 aliphatic carbocycles. The lowest BCUT2D eigenvalue weighted by atomic mass is 10.0. The highest BCUT2D eigenvalue weighted by Crippen LogP contribution is 2.32. The molecule has 0 aliphatic rings. The summed E-state index contributed by atoms with van der Waals surface area (Å²) >= 11 is 1.37. The summed E-state index contributed by atoms with van der Waals surface area (Å²) in [6.07, 6.45) is 0.802. The van der Waals surface area contributed by atoms with Crippen molar-refractivity contribution in [2.75, 3.05) is 18.6 Å². The van der Waals surface area contributed by atoms with Crippen LogP contribution in [0, 0.1) is 5.82 Å². The second-order valence-corrected chi connectivity index (χ2v) is 9.66. The molecule has 5 rings (SSSR count). The lowest BCUT2D eigenvalue weighted by molar-refractivity contribution is 0.0697. The molecule has 37 heavy (non-hydrogen) atoms. The molecule has 1 aromatic heterocycles. The van der Waals surface area contributed by atoms with E-state index in [-0.39, 0.29) is 11.4 Å². The largest absolute Gasteiger partial charge is 0.497 e. The van der Waals surface area contributed by atoms with Crippen LogP contribution in [0.5, 0.6) is 5.75 Å². The van der Waals surface area contributed by atoms with Crippen molar-refractivity contribution in [1.82, 2.24) is 4.98 Å². The molecule has 0 saturated heterocycles. The van der Waals surface area contributed by atoms with Gasteiger partial charge in [-0.15, -0.1) is 0 Å². The SMILES string of the molecule is COc1ccc(CCN(Cc2ccc(-c3ccc(C(=O)O)cc3)cc2)c2nc3cccc(F)c3s2)cc1. The van der Waals surface area contributed by atoms with E-state index in [4.69, 9.17) is 14.8 Å². The molecule has 0 bridgehead atoms. The summed E-state index contributed by atoms with van der Waals surface area (Å²) in [6.45, 7) is 1.34. The molecule has 1 heterocycles. The molecular weight excluding hydrogens is 487 g/mol. The first-order valence-electron chi connectivity index (χ1n) is 11.9. The van der Waals surface area contributed by atoms with Gasteiger partial charge in [-0.1, -0.05) is 65.9 Å². The highest BCUT2D eigenvalue weighted by molar-refractivity contribution is 7.22. The fraction of sp³-hybridized carbons (Fsp3) is 0.133. The Bertz CT molecular complexity index is 1510. The predicted octanol–water partition coefficient (Wildman–Crippen LogP) is 7.06. The van der Waals surface area contributed by atoms with Crippen LogP contribution in [-0.4, -0.2) is 29.7 Å². The quantitative estimate of drug-likeness (QED) is 0.229. The van der Waals surface area contributed by atoms with E-state index in [1.54, 1.807) is 25.3 Å². The van der Waals surface area contributed by atoms with Gasteiger partial charge in [0.2, 0.25) is 0 Å². The maximum Gasteiger partial charge on any atom is 0.335 e. The van der Waals surface area contributed by atoms with Crippen LogP contribution in [0.4, 0.5) is 9.52 Å². The third-order valence-corrected chi connectivity index (χ3v) is 7.39. The van der Waals surface area contributed by atoms with Crippen molar-refractivity contribution in [3.63, 3.8) is 0 Å². The summed E-state index contributed by atoms with van der Waals surface area (Å²) in [5.74, 6) is -0.374. The van der Waals surface area contributed by atoms with Crippen molar-refractivity contribution < 1.29 is 19.0 Å². The van der Waals surface area contributed by atoms with Gasteiger partial charge >= 0.3 is 5.97 Å². The third kappa shape index (κ3) is 5.62. The molecule has 0 fully saturated rings. The highest BCUT2D eigenvalue weighted by Gasteiger charge is 2.15. The summed E-state index contributed by atoms with van der Waals surface area (Å²) in [7, 11) is 1.65. The Balaban J connectivity index is 1.38. The van der Waals surface area contributed by atoms with E-state index in [0.29, 0.717) is 23.3 Å². The minimum absolute atomic E-state index is 0.255. The van der Waals surface area contributed by atoms with Gasteiger partial charge in [0.15, 0.2) is 5.13 Å². The Labute approximate surface area is 218 Å². The Morgan fingerprint density at radius 2 is 1.57 bits per heavy atom. The number of hydrogen-bond donors (Lipinski definition) is 1. The summed E-state index contributed by atoms with van der Waals surface area (Å²) in [5.41, 5.74) is 5.16. The second-order valence-electron chi connectivity index (χ2n) is 8.68. The molecule has 0 aliphatic heterocycles. The number of nitrogens with zero attached hydrogens (tertiary/aromatic N) is 2. The first kappa shape index (κ1) is 24.5. The maximum atomic E-state index is 14.4. The Morgan fingerprint density at radius 3 is 2.19 bits per heavy atom. The van der Waals surface area contributed by atoms with E-state index in [1.807, 2.05) is 42.5 Å². The number of benzene rings is 4. The molecule has 0 unspecified atom stereocenters. The molecule has 5 nitrogen and oxygen atoms in total. The van der Waals surface area contributed by atoms with E-state index < -0.39 is 5.97 Å². The molecule has 0 atom stereocenters. The number of carbonyl (C=O) groups is 1. The molecular formula is C30H25FN2O3S. The highest BCUT2D eigenvalue weighted by atomic mass is 32.1. The van der Waals surface area contributed by atoms with E-state index in [2.05, 4.69) is 29.2 Å². The average molecular weight is 513 g/mol. The van der Waals surface area contributed by atoms with Gasteiger partial charge in [-0.2, -0.15) is 0 Å². The van der Waals surface area contributed by atoms with Crippen LogP contribution in [-0.2, 0) is 13.0 Å². The second kappa shape index (κ2) is 10.8. The Hall–Kier alpha value is -4.23. The standard InChI is InChI=1S/C30H25FN2O3S/c1-36-25-15-7-20(8-16-25)17-18-33(30-32-27-4-2-3-26(31)28(27)37-30)19-21-5-9-22(10-6-21)23-11-13-24(14-12-23)29(34)35/h2-16H,17-19H2,1H3,(H,34,35). The number of anilines is 1. The zero-order valence-electron chi connectivity index (χ0n) is 20.2. The summed E-state index contributed by atoms with van der Waals surface area (Å²) in [6, 6.07) is 28.0. The van der Waals surface area contributed by atoms with Crippen molar-refractivity contribution in [3.8, 4) is 16.9 Å². The smallest absolute Gasteiger partial charge is 0.335 e. The van der Waals surface area contributed by atoms with Crippen molar-refractivity contribution in [3.05, 3.63) is 114 Å². The van der Waals surface area contributed by atoms with Gasteiger partial charge in [0.05, 0.1) is 22.9 Å². The zero-order chi connectivity index (χ0) is 25.8. The van der Waals surface area contributed by atoms with Crippen LogP contribution in [0.25, 0.3) is 21.3 Å². The number of thiazole rings is 1. The van der Waals surface area contributed by atoms with Crippen molar-refractivity contribution in [1.29, 1.82) is 0 Å². The number of carboxylic acids is 1. The van der Waals surface area contributed by atoms with Crippen LogP contribution in [0.2, 0.25) is 0 Å². The minimum atomic E-state index is -0.939. The van der Waals surface area contributed by atoms with Crippen LogP contribution in [0.15, 0.2) is 91.0 Å². The molecule has 186 valence electrons. The van der Waals surface area contributed by atoms with E-state index in [0.717, 1.165) is 34.0 Å². The van der Waals surface area contributed by atoms with Gasteiger partial charge in [0, 0.05) is 13.1 Å². The molecule has 0 saturated carbocycles. The van der Waals surface area contributed by atoms with Gasteiger partial charge in [-0.05, 0) is 65.1 Å². The number of carboxylic acid groups (broad SMARTS) is 1. The number of ether oxygens (including phenoxy) is 1. The molecule has 1 N–H and O–H groups in total. The van der Waals surface area contributed by atoms with E-state index in [9.17, 15) is 9.18 Å². The molecule has 0 spiro atoms. The zero-order valence-corrected chi connectivity index (χ0v) is 21.0. The van der Waals surface area contributed by atoms with Crippen molar-refractivity contribution in [2.45, 2.75) is 13.0 Å². The maximum absolute atomic E-state index is 14.4. The van der Waals surface area contributed by atoms with Crippen LogP contribution < -0.4 is 9.64 Å². The molecule has 7 heteroatoms. The lowest BCUT2D eigenvalue weighted by Crippen LogP contribution is -2.25. The molecule has 4 aromatic carbocycles. The van der Waals surface area contributed by atoms with Crippen molar-refractivity contribution in [2.24, 2.45) is 0 Å². The van der Waals surface area contributed by atoms with Gasteiger partial charge in [0.25, 0.3) is 0 Å². The van der Waals surface area contributed by atoms with Gasteiger partial charge < -0.3 is 14.7 Å². The number of rotatable bonds is 9. The molecule has 0 amide bonds. The van der Waals surface area contributed by atoms with Crippen molar-refractivity contribution >= 4 is 32.7 Å². The first-order valence-corrected chi connectivity index (χ1v) is 12.7. The summed E-state index contributed by atoms with van der Waals surface area (Å²) in [5, 5.41) is 9.91. The predicted molar refractivity (Wildman–Crippen MR) is 146 cm³/mol. The monoisotopic (exact) mass is 512 g/mol. The molecule has 5 aromatic rings. The number of aromatic carboxylic acids is 1. The molecule has 0 radical (unpaired) electrons. The van der Waals surface area contributed by atoms with Gasteiger partial charge in [-0.25, -0.2) is 14.2 Å². The number of halogens is 1. The van der Waals surface area contributed by atoms with Gasteiger partial charge in [-0.3, -0.25) is 0 Å². The lowest BCUT2D eigenvalue weighted by Gasteiger charge is -2.22. The Morgan fingerprint density at radius 1 is 0.919 bits per heavy atom. The fourth-order valence-corrected chi connectivity index (χ4v) is 5.16. The summed E-state index contributed by atoms with van der Waals surface area (Å²) < 4.78 is 20.2.